The number of hydrogen-bond donors (Lipinski definition) is 0. The van der Waals surface area contributed by atoms with Crippen LogP contribution in [0.5, 0.6) is 0 Å². The molecule has 160 valence electrons. The van der Waals surface area contributed by atoms with Crippen LogP contribution in [0, 0.1) is 5.82 Å². The van der Waals surface area contributed by atoms with Gasteiger partial charge >= 0.3 is 0 Å². The largest absolute Gasteiger partial charge is 0.369 e. The first-order valence-corrected chi connectivity index (χ1v) is 11.4. The summed E-state index contributed by atoms with van der Waals surface area (Å²) in [4.78, 5) is 11.8. The molecule has 0 amide bonds. The Morgan fingerprint density at radius 2 is 1.72 bits per heavy atom. The van der Waals surface area contributed by atoms with Gasteiger partial charge in [0.2, 0.25) is 0 Å². The number of para-hydroxylation sites is 1. The number of nitrogens with zero attached hydrogens (tertiary/aromatic N) is 4. The van der Waals surface area contributed by atoms with Crippen LogP contribution in [0.2, 0.25) is 0 Å². The standard InChI is InChI=1S/C27H25FN4/c28-22-9-7-20(8-10-22)26-27(21-13-15-29-16-14-21)32-23(11-12-25(32)30-26)18-31-17-3-5-19-4-1-2-6-24(19)31/h1-2,4,6-10,13-16,23H,3,5,11-12,17-18H2/t23-/m0/s1. The van der Waals surface area contributed by atoms with Gasteiger partial charge in [0.15, 0.2) is 0 Å². The molecule has 4 aromatic rings. The molecule has 0 saturated carbocycles. The highest BCUT2D eigenvalue weighted by atomic mass is 19.1. The van der Waals surface area contributed by atoms with E-state index in [-0.39, 0.29) is 5.82 Å². The van der Waals surface area contributed by atoms with Gasteiger partial charge in [-0.15, -0.1) is 0 Å². The van der Waals surface area contributed by atoms with Crippen molar-refractivity contribution in [3.8, 4) is 22.5 Å². The minimum atomic E-state index is -0.229. The van der Waals surface area contributed by atoms with Crippen LogP contribution in [0.15, 0.2) is 73.1 Å². The lowest BCUT2D eigenvalue weighted by molar-refractivity contribution is 0.508. The van der Waals surface area contributed by atoms with Gasteiger partial charge < -0.3 is 9.47 Å². The van der Waals surface area contributed by atoms with E-state index in [9.17, 15) is 4.39 Å². The van der Waals surface area contributed by atoms with Gasteiger partial charge in [-0.25, -0.2) is 9.37 Å². The number of anilines is 1. The molecule has 2 aliphatic heterocycles. The molecule has 0 bridgehead atoms. The summed E-state index contributed by atoms with van der Waals surface area (Å²) in [6.07, 6.45) is 8.05. The van der Waals surface area contributed by atoms with Crippen LogP contribution < -0.4 is 4.90 Å². The second-order valence-corrected chi connectivity index (χ2v) is 8.71. The van der Waals surface area contributed by atoms with Crippen LogP contribution in [0.3, 0.4) is 0 Å². The highest BCUT2D eigenvalue weighted by molar-refractivity contribution is 5.79. The Morgan fingerprint density at radius 3 is 2.56 bits per heavy atom. The third kappa shape index (κ3) is 3.29. The Morgan fingerprint density at radius 1 is 0.906 bits per heavy atom. The number of hydrogen-bond acceptors (Lipinski definition) is 3. The highest BCUT2D eigenvalue weighted by Crippen LogP contribution is 2.40. The number of aromatic nitrogens is 3. The molecule has 32 heavy (non-hydrogen) atoms. The van der Waals surface area contributed by atoms with Gasteiger partial charge in [0, 0.05) is 48.7 Å². The van der Waals surface area contributed by atoms with Gasteiger partial charge in [0.1, 0.15) is 11.6 Å². The fraction of sp³-hybridized carbons (Fsp3) is 0.259. The van der Waals surface area contributed by atoms with E-state index in [1.165, 1.54) is 29.8 Å². The van der Waals surface area contributed by atoms with E-state index < -0.39 is 0 Å². The first-order valence-electron chi connectivity index (χ1n) is 11.4. The van der Waals surface area contributed by atoms with Crippen molar-refractivity contribution in [2.24, 2.45) is 0 Å². The van der Waals surface area contributed by atoms with Crippen molar-refractivity contribution in [1.82, 2.24) is 14.5 Å². The third-order valence-corrected chi connectivity index (χ3v) is 6.76. The lowest BCUT2D eigenvalue weighted by Crippen LogP contribution is -2.34. The average molecular weight is 425 g/mol. The number of benzene rings is 2. The second-order valence-electron chi connectivity index (χ2n) is 8.71. The first kappa shape index (κ1) is 19.2. The van der Waals surface area contributed by atoms with Crippen molar-refractivity contribution in [2.45, 2.75) is 31.7 Å². The zero-order valence-electron chi connectivity index (χ0n) is 17.9. The van der Waals surface area contributed by atoms with E-state index in [0.717, 1.165) is 60.7 Å². The minimum Gasteiger partial charge on any atom is -0.369 e. The van der Waals surface area contributed by atoms with E-state index in [4.69, 9.17) is 4.98 Å². The van der Waals surface area contributed by atoms with Crippen molar-refractivity contribution in [2.75, 3.05) is 18.0 Å². The molecule has 6 rings (SSSR count). The lowest BCUT2D eigenvalue weighted by Gasteiger charge is -2.34. The average Bonchev–Trinajstić information content (AvgIpc) is 3.40. The Hall–Kier alpha value is -3.47. The molecule has 4 heterocycles. The van der Waals surface area contributed by atoms with Crippen molar-refractivity contribution < 1.29 is 4.39 Å². The molecule has 2 aliphatic rings. The molecule has 5 heteroatoms. The zero-order chi connectivity index (χ0) is 21.5. The molecule has 0 aliphatic carbocycles. The Kier molecular flexibility index (Phi) is 4.75. The normalized spacial score (nSPS) is 17.3. The number of rotatable bonds is 4. The number of halogens is 1. The van der Waals surface area contributed by atoms with E-state index in [1.54, 1.807) is 0 Å². The van der Waals surface area contributed by atoms with Crippen molar-refractivity contribution >= 4 is 5.69 Å². The monoisotopic (exact) mass is 424 g/mol. The fourth-order valence-corrected chi connectivity index (χ4v) is 5.30. The van der Waals surface area contributed by atoms with E-state index in [0.29, 0.717) is 6.04 Å². The van der Waals surface area contributed by atoms with Crippen LogP contribution in [-0.2, 0) is 12.8 Å². The molecular formula is C27H25FN4. The van der Waals surface area contributed by atoms with E-state index >= 15 is 0 Å². The topological polar surface area (TPSA) is 34.0 Å². The number of imidazole rings is 1. The molecule has 0 saturated heterocycles. The van der Waals surface area contributed by atoms with Gasteiger partial charge in [-0.05, 0) is 67.3 Å². The molecule has 0 N–H and O–H groups in total. The van der Waals surface area contributed by atoms with Crippen LogP contribution in [0.4, 0.5) is 10.1 Å². The van der Waals surface area contributed by atoms with E-state index in [2.05, 4.69) is 38.7 Å². The Bertz CT molecular complexity index is 1250. The molecule has 0 unspecified atom stereocenters. The second kappa shape index (κ2) is 7.90. The predicted molar refractivity (Wildman–Crippen MR) is 125 cm³/mol. The molecule has 2 aromatic heterocycles. The maximum Gasteiger partial charge on any atom is 0.123 e. The van der Waals surface area contributed by atoms with Gasteiger partial charge in [-0.2, -0.15) is 0 Å². The lowest BCUT2D eigenvalue weighted by atomic mass is 10.0. The first-order chi connectivity index (χ1) is 15.8. The summed E-state index contributed by atoms with van der Waals surface area (Å²) in [5.41, 5.74) is 6.91. The Balaban J connectivity index is 1.43. The highest BCUT2D eigenvalue weighted by Gasteiger charge is 2.32. The maximum atomic E-state index is 13.6. The summed E-state index contributed by atoms with van der Waals surface area (Å²) in [7, 11) is 0. The van der Waals surface area contributed by atoms with Crippen LogP contribution >= 0.6 is 0 Å². The third-order valence-electron chi connectivity index (χ3n) is 6.76. The Labute approximate surface area is 187 Å². The molecule has 0 spiro atoms. The number of pyridine rings is 1. The van der Waals surface area contributed by atoms with Crippen molar-refractivity contribution in [1.29, 1.82) is 0 Å². The molecule has 1 atom stereocenters. The molecule has 2 aromatic carbocycles. The van der Waals surface area contributed by atoms with Crippen molar-refractivity contribution in [3.05, 3.63) is 90.3 Å². The zero-order valence-corrected chi connectivity index (χ0v) is 17.9. The fourth-order valence-electron chi connectivity index (χ4n) is 5.30. The molecular weight excluding hydrogens is 399 g/mol. The van der Waals surface area contributed by atoms with Crippen molar-refractivity contribution in [3.63, 3.8) is 0 Å². The summed E-state index contributed by atoms with van der Waals surface area (Å²) in [5.74, 6) is 0.888. The van der Waals surface area contributed by atoms with Crippen LogP contribution in [0.25, 0.3) is 22.5 Å². The van der Waals surface area contributed by atoms with Crippen LogP contribution in [-0.4, -0.2) is 27.6 Å². The smallest absolute Gasteiger partial charge is 0.123 e. The van der Waals surface area contributed by atoms with Gasteiger partial charge in [-0.3, -0.25) is 4.98 Å². The summed E-state index contributed by atoms with van der Waals surface area (Å²) in [6, 6.07) is 19.9. The molecule has 0 fully saturated rings. The number of aryl methyl sites for hydroxylation is 2. The SMILES string of the molecule is Fc1ccc(-c2nc3n(c2-c2ccncc2)[C@H](CN2CCCc4ccccc42)CC3)cc1. The molecule has 0 radical (unpaired) electrons. The van der Waals surface area contributed by atoms with Gasteiger partial charge in [0.25, 0.3) is 0 Å². The van der Waals surface area contributed by atoms with Gasteiger partial charge in [0.05, 0.1) is 17.4 Å². The maximum absolute atomic E-state index is 13.6. The summed E-state index contributed by atoms with van der Waals surface area (Å²) in [6.45, 7) is 2.06. The van der Waals surface area contributed by atoms with E-state index in [1.807, 2.05) is 36.7 Å². The molecule has 4 nitrogen and oxygen atoms in total. The minimum absolute atomic E-state index is 0.229. The summed E-state index contributed by atoms with van der Waals surface area (Å²) < 4.78 is 16.0. The summed E-state index contributed by atoms with van der Waals surface area (Å²) in [5, 5.41) is 0. The van der Waals surface area contributed by atoms with Gasteiger partial charge in [-0.1, -0.05) is 18.2 Å². The number of fused-ring (bicyclic) bond motifs is 2. The van der Waals surface area contributed by atoms with Crippen LogP contribution in [0.1, 0.15) is 30.3 Å². The summed E-state index contributed by atoms with van der Waals surface area (Å²) >= 11 is 0. The predicted octanol–water partition coefficient (Wildman–Crippen LogP) is 5.69. The quantitative estimate of drug-likeness (QED) is 0.422.